The number of hydrogen-bond acceptors (Lipinski definition) is 4. The van der Waals surface area contributed by atoms with Crippen molar-refractivity contribution in [2.24, 2.45) is 0 Å². The van der Waals surface area contributed by atoms with E-state index in [-0.39, 0.29) is 11.1 Å². The van der Waals surface area contributed by atoms with Crippen molar-refractivity contribution in [2.45, 2.75) is 13.0 Å². The second kappa shape index (κ2) is 4.47. The average Bonchev–Trinajstić information content (AvgIpc) is 2.97. The summed E-state index contributed by atoms with van der Waals surface area (Å²) >= 11 is 7.36. The van der Waals surface area contributed by atoms with E-state index in [1.165, 1.54) is 17.4 Å². The molecule has 2 heterocycles. The first-order valence-corrected chi connectivity index (χ1v) is 6.85. The first-order chi connectivity index (χ1) is 9.08. The normalized spacial score (nSPS) is 13.0. The summed E-state index contributed by atoms with van der Waals surface area (Å²) in [5.74, 6) is -0.180. The van der Waals surface area contributed by atoms with E-state index in [4.69, 9.17) is 17.3 Å². The van der Waals surface area contributed by atoms with Gasteiger partial charge in [0.2, 0.25) is 5.95 Å². The second-order valence-corrected chi connectivity index (χ2v) is 5.47. The zero-order valence-corrected chi connectivity index (χ0v) is 11.5. The Balaban J connectivity index is 2.23. The third-order valence-corrected chi connectivity index (χ3v) is 4.19. The molecule has 1 atom stereocenters. The van der Waals surface area contributed by atoms with Gasteiger partial charge < -0.3 is 10.3 Å². The van der Waals surface area contributed by atoms with Gasteiger partial charge in [-0.25, -0.2) is 14.4 Å². The van der Waals surface area contributed by atoms with Gasteiger partial charge >= 0.3 is 0 Å². The molecule has 3 rings (SSSR count). The van der Waals surface area contributed by atoms with E-state index in [0.717, 1.165) is 5.01 Å². The Labute approximate surface area is 117 Å². The number of nitrogen functional groups attached to an aromatic ring is 1. The number of anilines is 1. The smallest absolute Gasteiger partial charge is 0.201 e. The van der Waals surface area contributed by atoms with Crippen LogP contribution in [0.2, 0.25) is 5.02 Å². The third-order valence-electron chi connectivity index (χ3n) is 2.95. The van der Waals surface area contributed by atoms with Crippen LogP contribution in [0.1, 0.15) is 18.0 Å². The fourth-order valence-corrected chi connectivity index (χ4v) is 2.91. The van der Waals surface area contributed by atoms with Gasteiger partial charge in [0, 0.05) is 17.6 Å². The van der Waals surface area contributed by atoms with Gasteiger partial charge in [0.1, 0.15) is 10.8 Å². The molecule has 0 bridgehead atoms. The third kappa shape index (κ3) is 1.97. The second-order valence-electron chi connectivity index (χ2n) is 4.14. The van der Waals surface area contributed by atoms with Crippen molar-refractivity contribution in [3.8, 4) is 0 Å². The van der Waals surface area contributed by atoms with Crippen LogP contribution in [0.3, 0.4) is 0 Å². The fraction of sp³-hybridized carbons (Fsp3) is 0.167. The molecule has 0 aliphatic heterocycles. The first kappa shape index (κ1) is 12.4. The lowest BCUT2D eigenvalue weighted by Gasteiger charge is -2.13. The van der Waals surface area contributed by atoms with Gasteiger partial charge in [-0.1, -0.05) is 11.6 Å². The van der Waals surface area contributed by atoms with E-state index in [9.17, 15) is 4.39 Å². The molecule has 4 nitrogen and oxygen atoms in total. The summed E-state index contributed by atoms with van der Waals surface area (Å²) in [6, 6.07) is 2.75. The van der Waals surface area contributed by atoms with E-state index in [1.807, 2.05) is 12.3 Å². The SMILES string of the molecule is CC(c1nccs1)n1c(N)nc2cc(F)c(Cl)cc21. The van der Waals surface area contributed by atoms with Gasteiger partial charge in [-0.2, -0.15) is 0 Å². The zero-order valence-electron chi connectivity index (χ0n) is 9.97. The van der Waals surface area contributed by atoms with Gasteiger partial charge in [-0.3, -0.25) is 0 Å². The minimum Gasteiger partial charge on any atom is -0.369 e. The minimum atomic E-state index is -0.499. The number of nitrogens with zero attached hydrogens (tertiary/aromatic N) is 3. The lowest BCUT2D eigenvalue weighted by molar-refractivity contribution is 0.629. The lowest BCUT2D eigenvalue weighted by Crippen LogP contribution is -2.09. The molecule has 0 radical (unpaired) electrons. The molecule has 98 valence electrons. The standard InChI is InChI=1S/C12H10ClFN4S/c1-6(11-16-2-3-19-11)18-10-4-7(13)8(14)5-9(10)17-12(18)15/h2-6H,1H3,(H2,15,17). The molecular formula is C12H10ClFN4S. The zero-order chi connectivity index (χ0) is 13.6. The molecule has 1 unspecified atom stereocenters. The number of rotatable bonds is 2. The molecule has 7 heteroatoms. The highest BCUT2D eigenvalue weighted by Gasteiger charge is 2.18. The summed E-state index contributed by atoms with van der Waals surface area (Å²) in [5.41, 5.74) is 7.11. The van der Waals surface area contributed by atoms with Crippen LogP contribution in [0, 0.1) is 5.82 Å². The Kier molecular flexibility index (Phi) is 2.91. The summed E-state index contributed by atoms with van der Waals surface area (Å²) in [5, 5.41) is 2.86. The molecule has 0 saturated carbocycles. The summed E-state index contributed by atoms with van der Waals surface area (Å²) < 4.78 is 15.2. The Morgan fingerprint density at radius 1 is 1.47 bits per heavy atom. The van der Waals surface area contributed by atoms with Crippen molar-refractivity contribution >= 4 is 39.9 Å². The van der Waals surface area contributed by atoms with E-state index < -0.39 is 5.82 Å². The number of thiazole rings is 1. The topological polar surface area (TPSA) is 56.7 Å². The lowest BCUT2D eigenvalue weighted by atomic mass is 10.2. The van der Waals surface area contributed by atoms with Crippen LogP contribution in [0.15, 0.2) is 23.7 Å². The molecule has 0 amide bonds. The maximum atomic E-state index is 13.4. The molecule has 1 aromatic carbocycles. The van der Waals surface area contributed by atoms with Crippen molar-refractivity contribution in [3.63, 3.8) is 0 Å². The van der Waals surface area contributed by atoms with E-state index >= 15 is 0 Å². The first-order valence-electron chi connectivity index (χ1n) is 5.59. The number of aromatic nitrogens is 3. The predicted molar refractivity (Wildman–Crippen MR) is 75.0 cm³/mol. The van der Waals surface area contributed by atoms with Crippen molar-refractivity contribution in [3.05, 3.63) is 39.6 Å². The van der Waals surface area contributed by atoms with Crippen molar-refractivity contribution < 1.29 is 4.39 Å². The van der Waals surface area contributed by atoms with Gasteiger partial charge in [-0.05, 0) is 13.0 Å². The predicted octanol–water partition coefficient (Wildman–Crippen LogP) is 3.48. The molecule has 0 saturated heterocycles. The van der Waals surface area contributed by atoms with Crippen LogP contribution < -0.4 is 5.73 Å². The monoisotopic (exact) mass is 296 g/mol. The fourth-order valence-electron chi connectivity index (χ4n) is 2.07. The van der Waals surface area contributed by atoms with Crippen LogP contribution in [0.25, 0.3) is 11.0 Å². The van der Waals surface area contributed by atoms with Crippen LogP contribution in [0.4, 0.5) is 10.3 Å². The number of nitrogens with two attached hydrogens (primary N) is 1. The number of imidazole rings is 1. The highest BCUT2D eigenvalue weighted by atomic mass is 35.5. The summed E-state index contributed by atoms with van der Waals surface area (Å²) in [7, 11) is 0. The number of hydrogen-bond donors (Lipinski definition) is 1. The molecule has 0 aliphatic carbocycles. The van der Waals surface area contributed by atoms with Crippen molar-refractivity contribution in [2.75, 3.05) is 5.73 Å². The van der Waals surface area contributed by atoms with Crippen LogP contribution in [0.5, 0.6) is 0 Å². The van der Waals surface area contributed by atoms with Crippen LogP contribution in [-0.2, 0) is 0 Å². The molecule has 0 fully saturated rings. The van der Waals surface area contributed by atoms with Crippen molar-refractivity contribution in [1.29, 1.82) is 0 Å². The summed E-state index contributed by atoms with van der Waals surface area (Å²) in [6.07, 6.45) is 1.73. The average molecular weight is 297 g/mol. The highest BCUT2D eigenvalue weighted by molar-refractivity contribution is 7.09. The number of halogens is 2. The summed E-state index contributed by atoms with van der Waals surface area (Å²) in [4.78, 5) is 8.43. The van der Waals surface area contributed by atoms with Gasteiger partial charge in [-0.15, -0.1) is 11.3 Å². The molecule has 19 heavy (non-hydrogen) atoms. The van der Waals surface area contributed by atoms with E-state index in [2.05, 4.69) is 9.97 Å². The van der Waals surface area contributed by atoms with Crippen LogP contribution in [-0.4, -0.2) is 14.5 Å². The Morgan fingerprint density at radius 3 is 2.95 bits per heavy atom. The number of benzene rings is 1. The molecule has 3 aromatic rings. The molecular weight excluding hydrogens is 287 g/mol. The molecule has 0 spiro atoms. The Hall–Kier alpha value is -1.66. The maximum absolute atomic E-state index is 13.4. The Bertz CT molecular complexity index is 738. The largest absolute Gasteiger partial charge is 0.369 e. The van der Waals surface area contributed by atoms with Crippen LogP contribution >= 0.6 is 22.9 Å². The van der Waals surface area contributed by atoms with Gasteiger partial charge in [0.25, 0.3) is 0 Å². The molecule has 2 aromatic heterocycles. The highest BCUT2D eigenvalue weighted by Crippen LogP contribution is 2.30. The number of fused-ring (bicyclic) bond motifs is 1. The Morgan fingerprint density at radius 2 is 2.26 bits per heavy atom. The van der Waals surface area contributed by atoms with E-state index in [0.29, 0.717) is 17.0 Å². The molecule has 0 aliphatic rings. The maximum Gasteiger partial charge on any atom is 0.201 e. The van der Waals surface area contributed by atoms with Gasteiger partial charge in [0.05, 0.1) is 22.1 Å². The van der Waals surface area contributed by atoms with E-state index in [1.54, 1.807) is 16.8 Å². The quantitative estimate of drug-likeness (QED) is 0.787. The minimum absolute atomic E-state index is 0.0555. The molecule has 2 N–H and O–H groups in total. The summed E-state index contributed by atoms with van der Waals surface area (Å²) in [6.45, 7) is 1.97. The van der Waals surface area contributed by atoms with Crippen molar-refractivity contribution in [1.82, 2.24) is 14.5 Å². The van der Waals surface area contributed by atoms with Gasteiger partial charge in [0.15, 0.2) is 0 Å².